The van der Waals surface area contributed by atoms with E-state index in [1.165, 1.54) is 31.1 Å². The first-order valence-corrected chi connectivity index (χ1v) is 8.43. The molecule has 1 aliphatic heterocycles. The summed E-state index contributed by atoms with van der Waals surface area (Å²) in [7, 11) is 1.39. The van der Waals surface area contributed by atoms with Crippen LogP contribution in [0.1, 0.15) is 40.7 Å². The average Bonchev–Trinajstić information content (AvgIpc) is 2.86. The van der Waals surface area contributed by atoms with E-state index < -0.39 is 0 Å². The summed E-state index contributed by atoms with van der Waals surface area (Å²) in [6, 6.07) is 6.13. The smallest absolute Gasteiger partial charge is 0.409 e. The molecule has 1 fully saturated rings. The standard InChI is InChI=1S/C18H24N2O3/c1-23-18(22)20-10-4-9-19(11-12-20)17(21)16-8-7-14-5-2-3-6-15(14)13-16/h7-8,13H,2-6,9-12H2,1H3. The fraction of sp³-hybridized carbons (Fsp3) is 0.556. The van der Waals surface area contributed by atoms with Crippen LogP contribution in [0.3, 0.4) is 0 Å². The number of hydrogen-bond donors (Lipinski definition) is 0. The summed E-state index contributed by atoms with van der Waals surface area (Å²) in [6.45, 7) is 2.42. The van der Waals surface area contributed by atoms with E-state index in [-0.39, 0.29) is 12.0 Å². The van der Waals surface area contributed by atoms with E-state index in [1.54, 1.807) is 4.90 Å². The summed E-state index contributed by atoms with van der Waals surface area (Å²) in [5, 5.41) is 0. The van der Waals surface area contributed by atoms with Gasteiger partial charge < -0.3 is 14.5 Å². The van der Waals surface area contributed by atoms with Crippen LogP contribution in [0.4, 0.5) is 4.79 Å². The molecule has 0 unspecified atom stereocenters. The highest BCUT2D eigenvalue weighted by Gasteiger charge is 2.23. The highest BCUT2D eigenvalue weighted by atomic mass is 16.5. The van der Waals surface area contributed by atoms with E-state index in [4.69, 9.17) is 4.74 Å². The van der Waals surface area contributed by atoms with Crippen molar-refractivity contribution in [2.45, 2.75) is 32.1 Å². The number of benzene rings is 1. The lowest BCUT2D eigenvalue weighted by Gasteiger charge is -2.23. The third kappa shape index (κ3) is 3.49. The molecular weight excluding hydrogens is 292 g/mol. The molecule has 1 aromatic carbocycles. The third-order valence-corrected chi connectivity index (χ3v) is 4.81. The van der Waals surface area contributed by atoms with Crippen molar-refractivity contribution in [1.29, 1.82) is 0 Å². The minimum Gasteiger partial charge on any atom is -0.453 e. The molecule has 2 aliphatic rings. The van der Waals surface area contributed by atoms with Gasteiger partial charge in [0, 0.05) is 31.7 Å². The van der Waals surface area contributed by atoms with Crippen LogP contribution >= 0.6 is 0 Å². The van der Waals surface area contributed by atoms with Gasteiger partial charge in [-0.15, -0.1) is 0 Å². The molecule has 0 bridgehead atoms. The number of amides is 2. The Balaban J connectivity index is 1.69. The van der Waals surface area contributed by atoms with Gasteiger partial charge >= 0.3 is 6.09 Å². The molecule has 1 aliphatic carbocycles. The Labute approximate surface area is 137 Å². The number of aryl methyl sites for hydroxylation is 2. The van der Waals surface area contributed by atoms with Gasteiger partial charge in [0.05, 0.1) is 7.11 Å². The molecule has 0 radical (unpaired) electrons. The van der Waals surface area contributed by atoms with Crippen LogP contribution < -0.4 is 0 Å². The van der Waals surface area contributed by atoms with Gasteiger partial charge in [-0.2, -0.15) is 0 Å². The number of hydrogen-bond acceptors (Lipinski definition) is 3. The summed E-state index contributed by atoms with van der Waals surface area (Å²) in [6.07, 6.45) is 5.13. The first-order valence-electron chi connectivity index (χ1n) is 8.43. The quantitative estimate of drug-likeness (QED) is 0.800. The molecule has 0 N–H and O–H groups in total. The molecule has 1 heterocycles. The van der Waals surface area contributed by atoms with Crippen LogP contribution in [0.15, 0.2) is 18.2 Å². The van der Waals surface area contributed by atoms with Crippen molar-refractivity contribution in [3.05, 3.63) is 34.9 Å². The van der Waals surface area contributed by atoms with E-state index in [0.717, 1.165) is 24.8 Å². The Morgan fingerprint density at radius 1 is 0.913 bits per heavy atom. The maximum Gasteiger partial charge on any atom is 0.409 e. The molecule has 1 saturated heterocycles. The fourth-order valence-corrected chi connectivity index (χ4v) is 3.48. The predicted molar refractivity (Wildman–Crippen MR) is 87.6 cm³/mol. The second kappa shape index (κ2) is 7.02. The predicted octanol–water partition coefficient (Wildman–Crippen LogP) is 2.48. The van der Waals surface area contributed by atoms with Crippen molar-refractivity contribution < 1.29 is 14.3 Å². The van der Waals surface area contributed by atoms with Gasteiger partial charge in [0.25, 0.3) is 5.91 Å². The number of carbonyl (C=O) groups excluding carboxylic acids is 2. The van der Waals surface area contributed by atoms with E-state index in [9.17, 15) is 9.59 Å². The topological polar surface area (TPSA) is 49.9 Å². The lowest BCUT2D eigenvalue weighted by molar-refractivity contribution is 0.0757. The van der Waals surface area contributed by atoms with Crippen molar-refractivity contribution in [2.75, 3.05) is 33.3 Å². The summed E-state index contributed by atoms with van der Waals surface area (Å²) in [5.41, 5.74) is 3.49. The zero-order valence-corrected chi connectivity index (χ0v) is 13.7. The van der Waals surface area contributed by atoms with Crippen LogP contribution in [-0.2, 0) is 17.6 Å². The van der Waals surface area contributed by atoms with E-state index >= 15 is 0 Å². The SMILES string of the molecule is COC(=O)N1CCCN(C(=O)c2ccc3c(c2)CCCC3)CC1. The Morgan fingerprint density at radius 3 is 2.39 bits per heavy atom. The van der Waals surface area contributed by atoms with Crippen molar-refractivity contribution in [3.8, 4) is 0 Å². The molecule has 0 atom stereocenters. The molecule has 5 nitrogen and oxygen atoms in total. The van der Waals surface area contributed by atoms with Gasteiger partial charge in [0.2, 0.25) is 0 Å². The van der Waals surface area contributed by atoms with Crippen LogP contribution in [0.25, 0.3) is 0 Å². The van der Waals surface area contributed by atoms with Gasteiger partial charge in [-0.3, -0.25) is 4.79 Å². The van der Waals surface area contributed by atoms with Crippen molar-refractivity contribution in [3.63, 3.8) is 0 Å². The molecular formula is C18H24N2O3. The normalized spacial score (nSPS) is 18.1. The summed E-state index contributed by atoms with van der Waals surface area (Å²) in [4.78, 5) is 27.9. The van der Waals surface area contributed by atoms with Crippen molar-refractivity contribution >= 4 is 12.0 Å². The average molecular weight is 316 g/mol. The molecule has 23 heavy (non-hydrogen) atoms. The number of rotatable bonds is 1. The summed E-state index contributed by atoms with van der Waals surface area (Å²) in [5.74, 6) is 0.0742. The van der Waals surface area contributed by atoms with Gasteiger partial charge in [-0.05, 0) is 55.4 Å². The van der Waals surface area contributed by atoms with Crippen LogP contribution in [0.5, 0.6) is 0 Å². The molecule has 5 heteroatoms. The highest BCUT2D eigenvalue weighted by molar-refractivity contribution is 5.94. The zero-order valence-electron chi connectivity index (χ0n) is 13.7. The summed E-state index contributed by atoms with van der Waals surface area (Å²) < 4.78 is 4.77. The van der Waals surface area contributed by atoms with Gasteiger partial charge in [-0.1, -0.05) is 6.07 Å². The second-order valence-corrected chi connectivity index (χ2v) is 6.29. The van der Waals surface area contributed by atoms with E-state index in [2.05, 4.69) is 12.1 Å². The Morgan fingerprint density at radius 2 is 1.61 bits per heavy atom. The van der Waals surface area contributed by atoms with E-state index in [1.807, 2.05) is 11.0 Å². The lowest BCUT2D eigenvalue weighted by Crippen LogP contribution is -2.37. The first-order chi connectivity index (χ1) is 11.2. The molecule has 0 saturated carbocycles. The number of carbonyl (C=O) groups is 2. The van der Waals surface area contributed by atoms with Crippen LogP contribution in [0.2, 0.25) is 0 Å². The maximum atomic E-state index is 12.8. The number of fused-ring (bicyclic) bond motifs is 1. The molecule has 2 amide bonds. The molecule has 1 aromatic rings. The van der Waals surface area contributed by atoms with Gasteiger partial charge in [-0.25, -0.2) is 4.79 Å². The first kappa shape index (κ1) is 15.8. The molecule has 3 rings (SSSR count). The molecule has 0 aromatic heterocycles. The van der Waals surface area contributed by atoms with Crippen LogP contribution in [0, 0.1) is 0 Å². The minimum atomic E-state index is -0.312. The fourth-order valence-electron chi connectivity index (χ4n) is 3.48. The van der Waals surface area contributed by atoms with E-state index in [0.29, 0.717) is 26.2 Å². The van der Waals surface area contributed by atoms with Crippen molar-refractivity contribution in [2.24, 2.45) is 0 Å². The van der Waals surface area contributed by atoms with Crippen LogP contribution in [-0.4, -0.2) is 55.1 Å². The number of methoxy groups -OCH3 is 1. The number of ether oxygens (including phenoxy) is 1. The number of nitrogens with zero attached hydrogens (tertiary/aromatic N) is 2. The van der Waals surface area contributed by atoms with Crippen molar-refractivity contribution in [1.82, 2.24) is 9.80 Å². The minimum absolute atomic E-state index is 0.0742. The molecule has 0 spiro atoms. The molecule has 124 valence electrons. The monoisotopic (exact) mass is 316 g/mol. The lowest BCUT2D eigenvalue weighted by atomic mass is 9.90. The Kier molecular flexibility index (Phi) is 4.84. The zero-order chi connectivity index (χ0) is 16.2. The van der Waals surface area contributed by atoms with Gasteiger partial charge in [0.1, 0.15) is 0 Å². The summed E-state index contributed by atoms with van der Waals surface area (Å²) >= 11 is 0. The highest BCUT2D eigenvalue weighted by Crippen LogP contribution is 2.23. The largest absolute Gasteiger partial charge is 0.453 e. The third-order valence-electron chi connectivity index (χ3n) is 4.81. The second-order valence-electron chi connectivity index (χ2n) is 6.29. The maximum absolute atomic E-state index is 12.8. The Hall–Kier alpha value is -2.04. The van der Waals surface area contributed by atoms with Gasteiger partial charge in [0.15, 0.2) is 0 Å². The Bertz CT molecular complexity index is 600.